The van der Waals surface area contributed by atoms with Gasteiger partial charge in [-0.15, -0.1) is 0 Å². The van der Waals surface area contributed by atoms with Gasteiger partial charge in [-0.1, -0.05) is 5.16 Å². The van der Waals surface area contributed by atoms with Gasteiger partial charge < -0.3 is 19.2 Å². The predicted molar refractivity (Wildman–Crippen MR) is 84.9 cm³/mol. The standard InChI is InChI=1S/C14H19BrN4O3/c1-14(2)20-9-12(22-14)3-4-21-18-11-7-19(8-11)13-16-5-10(15)6-17-13/h5-6,12H,3-4,7-9H2,1-2H3. The normalized spacial score (nSPS) is 23.3. The number of rotatable bonds is 5. The van der Waals surface area contributed by atoms with Crippen molar-refractivity contribution in [3.63, 3.8) is 0 Å². The number of hydrogen-bond donors (Lipinski definition) is 0. The highest BCUT2D eigenvalue weighted by atomic mass is 79.9. The van der Waals surface area contributed by atoms with E-state index in [1.807, 2.05) is 18.7 Å². The molecule has 0 saturated carbocycles. The van der Waals surface area contributed by atoms with Crippen LogP contribution in [0.15, 0.2) is 22.0 Å². The van der Waals surface area contributed by atoms with Crippen molar-refractivity contribution >= 4 is 27.6 Å². The Morgan fingerprint density at radius 2 is 2.14 bits per heavy atom. The molecule has 3 rings (SSSR count). The average molecular weight is 371 g/mol. The van der Waals surface area contributed by atoms with Crippen LogP contribution in [-0.4, -0.2) is 53.9 Å². The minimum absolute atomic E-state index is 0.0873. The third kappa shape index (κ3) is 3.93. The summed E-state index contributed by atoms with van der Waals surface area (Å²) in [5.41, 5.74) is 0.996. The first kappa shape index (κ1) is 15.6. The van der Waals surface area contributed by atoms with Gasteiger partial charge in [0.15, 0.2) is 5.79 Å². The number of ether oxygens (including phenoxy) is 2. The molecule has 0 aromatic carbocycles. The molecule has 2 aliphatic heterocycles. The molecular weight excluding hydrogens is 352 g/mol. The molecular formula is C14H19BrN4O3. The summed E-state index contributed by atoms with van der Waals surface area (Å²) in [5.74, 6) is 0.233. The number of hydrogen-bond acceptors (Lipinski definition) is 7. The Bertz CT molecular complexity index is 542. The molecule has 2 aliphatic rings. The van der Waals surface area contributed by atoms with Gasteiger partial charge in [0.2, 0.25) is 5.95 Å². The third-order valence-corrected chi connectivity index (χ3v) is 3.84. The van der Waals surface area contributed by atoms with E-state index in [1.54, 1.807) is 12.4 Å². The van der Waals surface area contributed by atoms with Crippen LogP contribution in [0.3, 0.4) is 0 Å². The maximum absolute atomic E-state index is 5.70. The van der Waals surface area contributed by atoms with E-state index >= 15 is 0 Å². The minimum Gasteiger partial charge on any atom is -0.396 e. The molecule has 7 nitrogen and oxygen atoms in total. The summed E-state index contributed by atoms with van der Waals surface area (Å²) in [4.78, 5) is 15.9. The summed E-state index contributed by atoms with van der Waals surface area (Å²) >= 11 is 3.32. The SMILES string of the molecule is CC1(C)OCC(CCON=C2CN(c3ncc(Br)cn3)C2)O1. The van der Waals surface area contributed by atoms with E-state index in [9.17, 15) is 0 Å². The van der Waals surface area contributed by atoms with Crippen LogP contribution in [0.4, 0.5) is 5.95 Å². The van der Waals surface area contributed by atoms with Gasteiger partial charge >= 0.3 is 0 Å². The van der Waals surface area contributed by atoms with E-state index < -0.39 is 5.79 Å². The molecule has 8 heteroatoms. The largest absolute Gasteiger partial charge is 0.396 e. The molecule has 2 saturated heterocycles. The fraction of sp³-hybridized carbons (Fsp3) is 0.643. The smallest absolute Gasteiger partial charge is 0.226 e. The molecule has 1 atom stereocenters. The lowest BCUT2D eigenvalue weighted by Crippen LogP contribution is -2.48. The Hall–Kier alpha value is -1.25. The topological polar surface area (TPSA) is 69.1 Å². The summed E-state index contributed by atoms with van der Waals surface area (Å²) in [6, 6.07) is 0. The number of anilines is 1. The van der Waals surface area contributed by atoms with E-state index in [1.165, 1.54) is 0 Å². The Labute approximate surface area is 137 Å². The number of nitrogens with zero attached hydrogens (tertiary/aromatic N) is 4. The Kier molecular flexibility index (Phi) is 4.60. The minimum atomic E-state index is -0.476. The van der Waals surface area contributed by atoms with Crippen LogP contribution < -0.4 is 4.90 Å². The lowest BCUT2D eigenvalue weighted by atomic mass is 10.2. The lowest BCUT2D eigenvalue weighted by Gasteiger charge is -2.31. The number of aromatic nitrogens is 2. The molecule has 0 N–H and O–H groups in total. The highest BCUT2D eigenvalue weighted by Crippen LogP contribution is 2.24. The highest BCUT2D eigenvalue weighted by Gasteiger charge is 2.32. The van der Waals surface area contributed by atoms with Gasteiger partial charge in [-0.3, -0.25) is 0 Å². The summed E-state index contributed by atoms with van der Waals surface area (Å²) in [5, 5.41) is 4.13. The molecule has 0 spiro atoms. The van der Waals surface area contributed by atoms with E-state index in [0.717, 1.165) is 16.6 Å². The van der Waals surface area contributed by atoms with Crippen LogP contribution >= 0.6 is 15.9 Å². The van der Waals surface area contributed by atoms with Crippen LogP contribution in [0.2, 0.25) is 0 Å². The quantitative estimate of drug-likeness (QED) is 0.582. The summed E-state index contributed by atoms with van der Waals surface area (Å²) in [7, 11) is 0. The van der Waals surface area contributed by atoms with Gasteiger partial charge in [0.05, 0.1) is 36.0 Å². The zero-order valence-corrected chi connectivity index (χ0v) is 14.2. The first-order valence-corrected chi connectivity index (χ1v) is 8.03. The molecule has 1 aromatic rings. The Morgan fingerprint density at radius 3 is 2.77 bits per heavy atom. The van der Waals surface area contributed by atoms with Crippen molar-refractivity contribution in [2.75, 3.05) is 31.2 Å². The van der Waals surface area contributed by atoms with Gasteiger partial charge in [-0.25, -0.2) is 9.97 Å². The molecule has 0 aliphatic carbocycles. The fourth-order valence-corrected chi connectivity index (χ4v) is 2.49. The molecule has 120 valence electrons. The number of halogens is 1. The maximum atomic E-state index is 5.70. The van der Waals surface area contributed by atoms with Crippen LogP contribution in [0.5, 0.6) is 0 Å². The van der Waals surface area contributed by atoms with E-state index in [2.05, 4.69) is 31.1 Å². The average Bonchev–Trinajstić information content (AvgIpc) is 2.77. The molecule has 1 aromatic heterocycles. The van der Waals surface area contributed by atoms with Gasteiger partial charge in [-0.05, 0) is 29.8 Å². The Morgan fingerprint density at radius 1 is 1.41 bits per heavy atom. The third-order valence-electron chi connectivity index (χ3n) is 3.43. The van der Waals surface area contributed by atoms with Crippen molar-refractivity contribution < 1.29 is 14.3 Å². The first-order valence-electron chi connectivity index (χ1n) is 7.24. The molecule has 1 unspecified atom stereocenters. The second-order valence-electron chi connectivity index (χ2n) is 5.79. The van der Waals surface area contributed by atoms with Crippen molar-refractivity contribution in [1.82, 2.24) is 9.97 Å². The molecule has 0 bridgehead atoms. The van der Waals surface area contributed by atoms with E-state index in [-0.39, 0.29) is 6.10 Å². The van der Waals surface area contributed by atoms with E-state index in [0.29, 0.717) is 32.3 Å². The summed E-state index contributed by atoms with van der Waals surface area (Å²) < 4.78 is 12.1. The molecule has 22 heavy (non-hydrogen) atoms. The molecule has 0 amide bonds. The van der Waals surface area contributed by atoms with Gasteiger partial charge in [0.25, 0.3) is 0 Å². The van der Waals surface area contributed by atoms with Crippen LogP contribution in [0.25, 0.3) is 0 Å². The lowest BCUT2D eigenvalue weighted by molar-refractivity contribution is -0.140. The van der Waals surface area contributed by atoms with Crippen molar-refractivity contribution in [1.29, 1.82) is 0 Å². The monoisotopic (exact) mass is 370 g/mol. The van der Waals surface area contributed by atoms with Gasteiger partial charge in [0, 0.05) is 18.8 Å². The van der Waals surface area contributed by atoms with E-state index in [4.69, 9.17) is 14.3 Å². The molecule has 2 fully saturated rings. The second-order valence-corrected chi connectivity index (χ2v) is 6.70. The highest BCUT2D eigenvalue weighted by molar-refractivity contribution is 9.10. The fourth-order valence-electron chi connectivity index (χ4n) is 2.29. The predicted octanol–water partition coefficient (Wildman–Crippen LogP) is 1.97. The van der Waals surface area contributed by atoms with Crippen molar-refractivity contribution in [3.8, 4) is 0 Å². The Balaban J connectivity index is 1.35. The second kappa shape index (κ2) is 6.47. The van der Waals surface area contributed by atoms with Crippen molar-refractivity contribution in [2.45, 2.75) is 32.2 Å². The zero-order valence-electron chi connectivity index (χ0n) is 12.7. The molecule has 3 heterocycles. The zero-order chi connectivity index (χ0) is 15.6. The van der Waals surface area contributed by atoms with Crippen LogP contribution in [-0.2, 0) is 14.3 Å². The summed E-state index contributed by atoms with van der Waals surface area (Å²) in [6.07, 6.45) is 4.34. The van der Waals surface area contributed by atoms with Gasteiger partial charge in [0.1, 0.15) is 6.61 Å². The summed E-state index contributed by atoms with van der Waals surface area (Å²) in [6.45, 7) is 6.39. The molecule has 0 radical (unpaired) electrons. The van der Waals surface area contributed by atoms with Gasteiger partial charge in [-0.2, -0.15) is 0 Å². The van der Waals surface area contributed by atoms with Crippen LogP contribution in [0.1, 0.15) is 20.3 Å². The number of oxime groups is 1. The van der Waals surface area contributed by atoms with Crippen molar-refractivity contribution in [2.24, 2.45) is 5.16 Å². The first-order chi connectivity index (χ1) is 10.5. The van der Waals surface area contributed by atoms with Crippen molar-refractivity contribution in [3.05, 3.63) is 16.9 Å². The maximum Gasteiger partial charge on any atom is 0.226 e. The van der Waals surface area contributed by atoms with Crippen LogP contribution in [0, 0.1) is 0 Å².